The van der Waals surface area contributed by atoms with Crippen LogP contribution in [-0.4, -0.2) is 60.1 Å². The van der Waals surface area contributed by atoms with Crippen LogP contribution in [0.2, 0.25) is 5.02 Å². The van der Waals surface area contributed by atoms with Gasteiger partial charge in [-0.05, 0) is 35.4 Å². The van der Waals surface area contributed by atoms with Crippen molar-refractivity contribution in [2.75, 3.05) is 31.6 Å². The molecule has 2 fully saturated rings. The molecule has 0 bridgehead atoms. The van der Waals surface area contributed by atoms with Gasteiger partial charge in [0.1, 0.15) is 0 Å². The summed E-state index contributed by atoms with van der Waals surface area (Å²) in [5.41, 5.74) is 1.99. The summed E-state index contributed by atoms with van der Waals surface area (Å²) >= 11 is 6.11. The van der Waals surface area contributed by atoms with Gasteiger partial charge in [0, 0.05) is 30.7 Å². The first-order chi connectivity index (χ1) is 15.4. The number of cyclic esters (lactones) is 1. The van der Waals surface area contributed by atoms with Gasteiger partial charge in [-0.2, -0.15) is 0 Å². The van der Waals surface area contributed by atoms with E-state index in [1.807, 2.05) is 6.07 Å². The minimum absolute atomic E-state index is 0.183. The molecule has 3 amide bonds. The molecule has 2 aliphatic heterocycles. The van der Waals surface area contributed by atoms with E-state index in [1.165, 1.54) is 11.8 Å². The van der Waals surface area contributed by atoms with Gasteiger partial charge >= 0.3 is 6.09 Å². The third-order valence-electron chi connectivity index (χ3n) is 5.44. The highest BCUT2D eigenvalue weighted by atomic mass is 35.5. The number of morpholine rings is 1. The van der Waals surface area contributed by atoms with Crippen molar-refractivity contribution in [2.24, 2.45) is 0 Å². The van der Waals surface area contributed by atoms with Crippen LogP contribution in [0, 0.1) is 0 Å². The Hall–Kier alpha value is -3.10. The van der Waals surface area contributed by atoms with Gasteiger partial charge in [-0.3, -0.25) is 14.5 Å². The lowest BCUT2D eigenvalue weighted by Gasteiger charge is -2.33. The fourth-order valence-electron chi connectivity index (χ4n) is 3.99. The van der Waals surface area contributed by atoms with Crippen LogP contribution in [0.1, 0.15) is 24.2 Å². The molecule has 2 aromatic carbocycles. The second kappa shape index (κ2) is 9.58. The van der Waals surface area contributed by atoms with E-state index in [1.54, 1.807) is 47.4 Å². The molecule has 168 valence electrons. The number of amides is 3. The third kappa shape index (κ3) is 4.87. The van der Waals surface area contributed by atoms with Gasteiger partial charge in [0.25, 0.3) is 0 Å². The number of nitrogens with zero attached hydrogens (tertiary/aromatic N) is 2. The molecule has 2 aliphatic rings. The number of anilines is 1. The number of benzene rings is 2. The minimum Gasteiger partial charge on any atom is -0.438 e. The average molecular weight is 458 g/mol. The Morgan fingerprint density at radius 3 is 2.59 bits per heavy atom. The summed E-state index contributed by atoms with van der Waals surface area (Å²) in [6, 6.07) is 13.3. The fraction of sp³-hybridized carbons (Fsp3) is 0.348. The Balaban J connectivity index is 1.67. The Bertz CT molecular complexity index is 1020. The van der Waals surface area contributed by atoms with Crippen LogP contribution in [0.25, 0.3) is 0 Å². The molecule has 9 heteroatoms. The van der Waals surface area contributed by atoms with E-state index in [4.69, 9.17) is 21.1 Å². The average Bonchev–Trinajstić information content (AvgIpc) is 3.09. The predicted octanol–water partition coefficient (Wildman–Crippen LogP) is 3.22. The second-order valence-corrected chi connectivity index (χ2v) is 8.19. The first-order valence-corrected chi connectivity index (χ1v) is 10.8. The Morgan fingerprint density at radius 2 is 1.88 bits per heavy atom. The van der Waals surface area contributed by atoms with E-state index in [0.717, 1.165) is 5.56 Å². The van der Waals surface area contributed by atoms with E-state index < -0.39 is 18.2 Å². The maximum Gasteiger partial charge on any atom is 0.411 e. The SMILES string of the molecule is CC(=O)Nc1cccc(C2OC(=O)N(Cc3cccc(Cl)c3)C2C(=O)N2CCOCC2)c1. The molecule has 0 aromatic heterocycles. The predicted molar refractivity (Wildman–Crippen MR) is 118 cm³/mol. The first kappa shape index (κ1) is 22.1. The largest absolute Gasteiger partial charge is 0.438 e. The molecule has 2 unspecified atom stereocenters. The normalized spacial score (nSPS) is 20.8. The van der Waals surface area contributed by atoms with E-state index in [0.29, 0.717) is 42.6 Å². The van der Waals surface area contributed by atoms with Gasteiger partial charge in [0.05, 0.1) is 19.8 Å². The summed E-state index contributed by atoms with van der Waals surface area (Å²) < 4.78 is 11.1. The van der Waals surface area contributed by atoms with Crippen LogP contribution >= 0.6 is 11.6 Å². The van der Waals surface area contributed by atoms with E-state index >= 15 is 0 Å². The topological polar surface area (TPSA) is 88.2 Å². The number of ether oxygens (including phenoxy) is 2. The lowest BCUT2D eigenvalue weighted by Crippen LogP contribution is -2.51. The van der Waals surface area contributed by atoms with E-state index in [2.05, 4.69) is 5.32 Å². The molecule has 4 rings (SSSR count). The molecule has 1 N–H and O–H groups in total. The number of hydrogen-bond donors (Lipinski definition) is 1. The van der Waals surface area contributed by atoms with Gasteiger partial charge in [0.2, 0.25) is 11.8 Å². The van der Waals surface area contributed by atoms with Crippen LogP contribution in [0.5, 0.6) is 0 Å². The zero-order valence-corrected chi connectivity index (χ0v) is 18.4. The van der Waals surface area contributed by atoms with Crippen LogP contribution in [-0.2, 0) is 25.6 Å². The third-order valence-corrected chi connectivity index (χ3v) is 5.67. The number of nitrogens with one attached hydrogen (secondary N) is 1. The van der Waals surface area contributed by atoms with Crippen molar-refractivity contribution >= 4 is 35.2 Å². The van der Waals surface area contributed by atoms with Crippen molar-refractivity contribution in [3.63, 3.8) is 0 Å². The Morgan fingerprint density at radius 1 is 1.12 bits per heavy atom. The number of carbonyl (C=O) groups excluding carboxylic acids is 3. The van der Waals surface area contributed by atoms with Crippen molar-refractivity contribution in [2.45, 2.75) is 25.6 Å². The molecule has 0 saturated carbocycles. The van der Waals surface area contributed by atoms with E-state index in [9.17, 15) is 14.4 Å². The summed E-state index contributed by atoms with van der Waals surface area (Å²) in [5, 5.41) is 3.27. The molecule has 0 aliphatic carbocycles. The number of halogens is 1. The Labute approximate surface area is 191 Å². The molecule has 2 aromatic rings. The second-order valence-electron chi connectivity index (χ2n) is 7.75. The van der Waals surface area contributed by atoms with Gasteiger partial charge < -0.3 is 19.7 Å². The van der Waals surface area contributed by atoms with Crippen molar-refractivity contribution in [3.8, 4) is 0 Å². The zero-order chi connectivity index (χ0) is 22.7. The maximum absolute atomic E-state index is 13.6. The van der Waals surface area contributed by atoms with Crippen LogP contribution in [0.15, 0.2) is 48.5 Å². The quantitative estimate of drug-likeness (QED) is 0.744. The number of carbonyl (C=O) groups is 3. The highest BCUT2D eigenvalue weighted by molar-refractivity contribution is 6.30. The summed E-state index contributed by atoms with van der Waals surface area (Å²) in [6.07, 6.45) is -1.39. The first-order valence-electron chi connectivity index (χ1n) is 10.4. The lowest BCUT2D eigenvalue weighted by atomic mass is 9.99. The minimum atomic E-state index is -0.854. The molecule has 8 nitrogen and oxygen atoms in total. The van der Waals surface area contributed by atoms with Crippen molar-refractivity contribution in [1.82, 2.24) is 9.80 Å². The van der Waals surface area contributed by atoms with Crippen molar-refractivity contribution in [1.29, 1.82) is 0 Å². The molecule has 0 radical (unpaired) electrons. The zero-order valence-electron chi connectivity index (χ0n) is 17.6. The van der Waals surface area contributed by atoms with Crippen molar-refractivity contribution in [3.05, 3.63) is 64.7 Å². The molecule has 2 saturated heterocycles. The molecule has 32 heavy (non-hydrogen) atoms. The summed E-state index contributed by atoms with van der Waals surface area (Å²) in [5.74, 6) is -0.412. The van der Waals surface area contributed by atoms with Crippen LogP contribution in [0.4, 0.5) is 10.5 Å². The number of hydrogen-bond acceptors (Lipinski definition) is 5. The summed E-state index contributed by atoms with van der Waals surface area (Å²) in [7, 11) is 0. The highest BCUT2D eigenvalue weighted by Gasteiger charge is 2.48. The van der Waals surface area contributed by atoms with Gasteiger partial charge in [-0.25, -0.2) is 4.79 Å². The molecule has 2 atom stereocenters. The van der Waals surface area contributed by atoms with Crippen LogP contribution < -0.4 is 5.32 Å². The van der Waals surface area contributed by atoms with Gasteiger partial charge in [0.15, 0.2) is 12.1 Å². The highest BCUT2D eigenvalue weighted by Crippen LogP contribution is 2.36. The summed E-state index contributed by atoms with van der Waals surface area (Å²) in [6.45, 7) is 3.40. The molecule has 0 spiro atoms. The Kier molecular flexibility index (Phi) is 6.62. The molecule has 2 heterocycles. The van der Waals surface area contributed by atoms with Crippen LogP contribution in [0.3, 0.4) is 0 Å². The summed E-state index contributed by atoms with van der Waals surface area (Å²) in [4.78, 5) is 41.1. The van der Waals surface area contributed by atoms with Gasteiger partial charge in [-0.15, -0.1) is 0 Å². The maximum atomic E-state index is 13.6. The fourth-order valence-corrected chi connectivity index (χ4v) is 4.21. The van der Waals surface area contributed by atoms with Gasteiger partial charge in [-0.1, -0.05) is 35.9 Å². The van der Waals surface area contributed by atoms with E-state index in [-0.39, 0.29) is 18.4 Å². The molecular formula is C23H24ClN3O5. The smallest absolute Gasteiger partial charge is 0.411 e. The lowest BCUT2D eigenvalue weighted by molar-refractivity contribution is -0.141. The molecular weight excluding hydrogens is 434 g/mol. The monoisotopic (exact) mass is 457 g/mol. The standard InChI is InChI=1S/C23H24ClN3O5/c1-15(28)25-19-7-3-5-17(13-19)21-20(22(29)26-8-10-31-11-9-26)27(23(30)32-21)14-16-4-2-6-18(24)12-16/h2-7,12-13,20-21H,8-11,14H2,1H3,(H,25,28). The van der Waals surface area contributed by atoms with Crippen molar-refractivity contribution < 1.29 is 23.9 Å². The number of rotatable bonds is 5.